The molecular weight excluding hydrogens is 380 g/mol. The predicted octanol–water partition coefficient (Wildman–Crippen LogP) is 4.16. The minimum Gasteiger partial charge on any atom is -0.497 e. The third kappa shape index (κ3) is 4.91. The summed E-state index contributed by atoms with van der Waals surface area (Å²) in [5, 5.41) is 22.9. The second-order valence-electron chi connectivity index (χ2n) is 5.42. The largest absolute Gasteiger partial charge is 0.497 e. The first kappa shape index (κ1) is 19.5. The Kier molecular flexibility index (Phi) is 6.10. The highest BCUT2D eigenvalue weighted by Crippen LogP contribution is 2.29. The van der Waals surface area contributed by atoms with E-state index in [1.807, 2.05) is 0 Å². The van der Waals surface area contributed by atoms with Crippen LogP contribution in [0.25, 0.3) is 0 Å². The molecule has 0 spiro atoms. The van der Waals surface area contributed by atoms with Crippen LogP contribution in [0.2, 0.25) is 0 Å². The highest BCUT2D eigenvalue weighted by molar-refractivity contribution is 5.97. The lowest BCUT2D eigenvalue weighted by molar-refractivity contribution is -0.385. The Labute approximate surface area is 164 Å². The summed E-state index contributed by atoms with van der Waals surface area (Å²) in [6, 6.07) is 11.2. The first-order chi connectivity index (χ1) is 14.1. The highest BCUT2D eigenvalue weighted by atomic mass is 16.6. The molecule has 0 amide bonds. The molecule has 0 saturated carbocycles. The summed E-state index contributed by atoms with van der Waals surface area (Å²) >= 11 is 0. The van der Waals surface area contributed by atoms with Gasteiger partial charge in [-0.2, -0.15) is 0 Å². The van der Waals surface area contributed by atoms with Gasteiger partial charge in [-0.3, -0.25) is 15.5 Å². The van der Waals surface area contributed by atoms with Crippen LogP contribution in [0.15, 0.2) is 74.7 Å². The molecule has 148 valence electrons. The zero-order valence-corrected chi connectivity index (χ0v) is 15.5. The Morgan fingerprint density at radius 2 is 2.07 bits per heavy atom. The third-order valence-corrected chi connectivity index (χ3v) is 3.62. The van der Waals surface area contributed by atoms with E-state index in [1.165, 1.54) is 25.5 Å². The van der Waals surface area contributed by atoms with E-state index in [1.54, 1.807) is 37.4 Å². The maximum atomic E-state index is 10.7. The van der Waals surface area contributed by atoms with Crippen LogP contribution >= 0.6 is 0 Å². The maximum absolute atomic E-state index is 10.7. The number of pyridine rings is 1. The normalized spacial score (nSPS) is 11.4. The number of benzene rings is 1. The molecule has 0 aliphatic rings. The molecule has 0 fully saturated rings. The van der Waals surface area contributed by atoms with Crippen LogP contribution in [0, 0.1) is 10.1 Å². The predicted molar refractivity (Wildman–Crippen MR) is 104 cm³/mol. The number of amidine groups is 1. The molecule has 29 heavy (non-hydrogen) atoms. The summed E-state index contributed by atoms with van der Waals surface area (Å²) in [4.78, 5) is 14.0. The van der Waals surface area contributed by atoms with E-state index < -0.39 is 4.92 Å². The summed E-state index contributed by atoms with van der Waals surface area (Å²) in [5.74, 6) is 1.81. The number of methoxy groups -OCH3 is 2. The Bertz CT molecular complexity index is 1030. The Balaban J connectivity index is 1.87. The fourth-order valence-electron chi connectivity index (χ4n) is 2.19. The van der Waals surface area contributed by atoms with Gasteiger partial charge >= 0.3 is 0 Å². The van der Waals surface area contributed by atoms with Gasteiger partial charge in [-0.05, 0) is 30.3 Å². The number of hydrogen-bond donors (Lipinski definition) is 1. The monoisotopic (exact) mass is 396 g/mol. The second-order valence-corrected chi connectivity index (χ2v) is 5.42. The smallest absolute Gasteiger partial charge is 0.287 e. The SMILES string of the molecule is COc1ccc(OC)c(NN=C(N=Nc2ccc([N+](=O)[O-])cn2)c2ccco2)c1. The standard InChI is InChI=1S/C18H16N6O5/c1-27-13-6-7-15(28-2)14(10-13)20-22-18(16-4-3-9-29-16)23-21-17-8-5-12(11-19-17)24(25)26/h3-11,20H,1-2H3. The first-order valence-electron chi connectivity index (χ1n) is 8.22. The van der Waals surface area contributed by atoms with Gasteiger partial charge in [-0.25, -0.2) is 4.98 Å². The molecule has 0 aliphatic carbocycles. The molecule has 0 aliphatic heterocycles. The average Bonchev–Trinajstić information content (AvgIpc) is 3.28. The minimum atomic E-state index is -0.547. The Morgan fingerprint density at radius 1 is 1.21 bits per heavy atom. The number of nitrogens with zero attached hydrogens (tertiary/aromatic N) is 5. The van der Waals surface area contributed by atoms with Gasteiger partial charge in [0.05, 0.1) is 25.4 Å². The van der Waals surface area contributed by atoms with Crippen molar-refractivity contribution >= 4 is 23.0 Å². The van der Waals surface area contributed by atoms with Gasteiger partial charge in [0.2, 0.25) is 5.84 Å². The zero-order valence-electron chi connectivity index (χ0n) is 15.5. The fraction of sp³-hybridized carbons (Fsp3) is 0.111. The highest BCUT2D eigenvalue weighted by Gasteiger charge is 2.10. The third-order valence-electron chi connectivity index (χ3n) is 3.62. The van der Waals surface area contributed by atoms with Gasteiger partial charge in [-0.1, -0.05) is 0 Å². The molecule has 1 N–H and O–H groups in total. The number of azo groups is 1. The Hall–Kier alpha value is -4.28. The Morgan fingerprint density at radius 3 is 2.69 bits per heavy atom. The van der Waals surface area contributed by atoms with Gasteiger partial charge in [0.15, 0.2) is 11.6 Å². The van der Waals surface area contributed by atoms with Crippen LogP contribution in [0.1, 0.15) is 5.76 Å². The van der Waals surface area contributed by atoms with E-state index in [9.17, 15) is 10.1 Å². The van der Waals surface area contributed by atoms with Crippen molar-refractivity contribution in [2.75, 3.05) is 19.6 Å². The number of ether oxygens (including phenoxy) is 2. The van der Waals surface area contributed by atoms with Gasteiger partial charge in [-0.15, -0.1) is 15.3 Å². The molecule has 11 heteroatoms. The molecule has 0 atom stereocenters. The molecule has 3 aromatic rings. The van der Waals surface area contributed by atoms with Crippen LogP contribution in [-0.2, 0) is 0 Å². The number of furan rings is 1. The lowest BCUT2D eigenvalue weighted by atomic mass is 10.3. The number of aromatic nitrogens is 1. The van der Waals surface area contributed by atoms with Gasteiger partial charge < -0.3 is 13.9 Å². The average molecular weight is 396 g/mol. The van der Waals surface area contributed by atoms with Crippen molar-refractivity contribution < 1.29 is 18.8 Å². The summed E-state index contributed by atoms with van der Waals surface area (Å²) in [5.41, 5.74) is 3.25. The second kappa shape index (κ2) is 9.08. The topological polar surface area (TPSA) is 137 Å². The van der Waals surface area contributed by atoms with E-state index in [-0.39, 0.29) is 17.3 Å². The number of hydrogen-bond acceptors (Lipinski definition) is 9. The van der Waals surface area contributed by atoms with E-state index >= 15 is 0 Å². The van der Waals surface area contributed by atoms with Crippen molar-refractivity contribution in [3.8, 4) is 11.5 Å². The molecule has 3 rings (SSSR count). The lowest BCUT2D eigenvalue weighted by Crippen LogP contribution is -2.01. The van der Waals surface area contributed by atoms with Crippen molar-refractivity contribution in [2.45, 2.75) is 0 Å². The van der Waals surface area contributed by atoms with E-state index in [0.29, 0.717) is 22.9 Å². The molecule has 1 aromatic carbocycles. The minimum absolute atomic E-state index is 0.125. The molecular formula is C18H16N6O5. The molecule has 11 nitrogen and oxygen atoms in total. The van der Waals surface area contributed by atoms with E-state index in [4.69, 9.17) is 13.9 Å². The number of nitro groups is 1. The molecule has 0 saturated heterocycles. The number of anilines is 1. The van der Waals surface area contributed by atoms with Crippen LogP contribution in [-0.4, -0.2) is 30.0 Å². The van der Waals surface area contributed by atoms with Crippen molar-refractivity contribution in [1.29, 1.82) is 0 Å². The molecule has 0 bridgehead atoms. The molecule has 2 heterocycles. The van der Waals surface area contributed by atoms with Crippen molar-refractivity contribution in [1.82, 2.24) is 4.98 Å². The van der Waals surface area contributed by atoms with Crippen molar-refractivity contribution in [2.24, 2.45) is 15.3 Å². The fourth-order valence-corrected chi connectivity index (χ4v) is 2.19. The van der Waals surface area contributed by atoms with E-state index in [0.717, 1.165) is 6.20 Å². The van der Waals surface area contributed by atoms with Gasteiger partial charge in [0, 0.05) is 12.1 Å². The van der Waals surface area contributed by atoms with Crippen LogP contribution < -0.4 is 14.9 Å². The first-order valence-corrected chi connectivity index (χ1v) is 8.22. The summed E-state index contributed by atoms with van der Waals surface area (Å²) < 4.78 is 15.8. The lowest BCUT2D eigenvalue weighted by Gasteiger charge is -2.09. The van der Waals surface area contributed by atoms with Gasteiger partial charge in [0.1, 0.15) is 23.4 Å². The summed E-state index contributed by atoms with van der Waals surface area (Å²) in [6.07, 6.45) is 2.56. The van der Waals surface area contributed by atoms with Crippen LogP contribution in [0.3, 0.4) is 0 Å². The van der Waals surface area contributed by atoms with Crippen molar-refractivity contribution in [3.05, 3.63) is 70.8 Å². The number of hydrazone groups is 1. The molecule has 0 unspecified atom stereocenters. The van der Waals surface area contributed by atoms with Crippen LogP contribution in [0.5, 0.6) is 11.5 Å². The number of nitrogens with one attached hydrogen (secondary N) is 1. The van der Waals surface area contributed by atoms with Crippen molar-refractivity contribution in [3.63, 3.8) is 0 Å². The summed E-state index contributed by atoms with van der Waals surface area (Å²) in [6.45, 7) is 0. The van der Waals surface area contributed by atoms with E-state index in [2.05, 4.69) is 25.7 Å². The maximum Gasteiger partial charge on any atom is 0.287 e. The zero-order chi connectivity index (χ0) is 20.6. The molecule has 0 radical (unpaired) electrons. The van der Waals surface area contributed by atoms with Crippen LogP contribution in [0.4, 0.5) is 17.2 Å². The van der Waals surface area contributed by atoms with Gasteiger partial charge in [0.25, 0.3) is 5.69 Å². The molecule has 2 aromatic heterocycles. The number of rotatable bonds is 7. The summed E-state index contributed by atoms with van der Waals surface area (Å²) in [7, 11) is 3.08. The quantitative estimate of drug-likeness (QED) is 0.208.